The van der Waals surface area contributed by atoms with Crippen molar-refractivity contribution < 1.29 is 13.2 Å². The highest BCUT2D eigenvalue weighted by Gasteiger charge is 2.20. The Morgan fingerprint density at radius 2 is 2.21 bits per heavy atom. The van der Waals surface area contributed by atoms with Crippen LogP contribution < -0.4 is 4.72 Å². The van der Waals surface area contributed by atoms with Crippen LogP contribution in [0.4, 0.5) is 0 Å². The van der Waals surface area contributed by atoms with Gasteiger partial charge < -0.3 is 4.74 Å². The molecular formula is C12H17ClN2O3S. The van der Waals surface area contributed by atoms with Gasteiger partial charge in [0.2, 0.25) is 10.0 Å². The summed E-state index contributed by atoms with van der Waals surface area (Å²) in [6.07, 6.45) is 4.42. The van der Waals surface area contributed by atoms with Crippen LogP contribution in [0.25, 0.3) is 0 Å². The van der Waals surface area contributed by atoms with E-state index in [4.69, 9.17) is 16.3 Å². The highest BCUT2D eigenvalue weighted by Crippen LogP contribution is 2.28. The number of sulfonamides is 1. The van der Waals surface area contributed by atoms with E-state index in [1.807, 2.05) is 0 Å². The smallest absolute Gasteiger partial charge is 0.242 e. The molecule has 0 aliphatic heterocycles. The Labute approximate surface area is 118 Å². The molecule has 0 atom stereocenters. The Morgan fingerprint density at radius 1 is 1.42 bits per heavy atom. The Kier molecular flexibility index (Phi) is 5.15. The van der Waals surface area contributed by atoms with Gasteiger partial charge in [0.1, 0.15) is 10.0 Å². The van der Waals surface area contributed by atoms with Crippen molar-refractivity contribution in [2.75, 3.05) is 19.8 Å². The van der Waals surface area contributed by atoms with Gasteiger partial charge in [0.15, 0.2) is 0 Å². The number of hydrogen-bond acceptors (Lipinski definition) is 4. The summed E-state index contributed by atoms with van der Waals surface area (Å²) in [5.74, 6) is 0.733. The number of ether oxygens (including phenoxy) is 1. The van der Waals surface area contributed by atoms with Gasteiger partial charge in [-0.05, 0) is 37.3 Å². The van der Waals surface area contributed by atoms with Crippen LogP contribution in [0, 0.1) is 5.92 Å². The second kappa shape index (κ2) is 6.65. The lowest BCUT2D eigenvalue weighted by atomic mass is 10.4. The maximum atomic E-state index is 11.9. The van der Waals surface area contributed by atoms with E-state index < -0.39 is 10.0 Å². The third kappa shape index (κ3) is 5.06. The monoisotopic (exact) mass is 304 g/mol. The summed E-state index contributed by atoms with van der Waals surface area (Å²) < 4.78 is 31.7. The molecule has 1 N–H and O–H groups in total. The number of aromatic nitrogens is 1. The molecule has 19 heavy (non-hydrogen) atoms. The number of halogens is 1. The molecule has 0 unspecified atom stereocenters. The number of pyridine rings is 1. The van der Waals surface area contributed by atoms with Crippen molar-refractivity contribution in [1.82, 2.24) is 9.71 Å². The molecule has 0 aromatic carbocycles. The van der Waals surface area contributed by atoms with E-state index in [0.29, 0.717) is 19.6 Å². The van der Waals surface area contributed by atoms with E-state index in [2.05, 4.69) is 9.71 Å². The fourth-order valence-corrected chi connectivity index (χ4v) is 2.65. The fourth-order valence-electron chi connectivity index (χ4n) is 1.52. The molecule has 1 aromatic rings. The van der Waals surface area contributed by atoms with Crippen LogP contribution in [-0.2, 0) is 14.8 Å². The summed E-state index contributed by atoms with van der Waals surface area (Å²) in [6, 6.07) is 2.89. The van der Waals surface area contributed by atoms with Gasteiger partial charge in [-0.25, -0.2) is 18.1 Å². The Balaban J connectivity index is 1.69. The molecule has 0 bridgehead atoms. The van der Waals surface area contributed by atoms with Crippen molar-refractivity contribution in [2.45, 2.75) is 24.2 Å². The first kappa shape index (κ1) is 14.7. The van der Waals surface area contributed by atoms with Crippen molar-refractivity contribution in [3.05, 3.63) is 23.5 Å². The van der Waals surface area contributed by atoms with Gasteiger partial charge in [-0.15, -0.1) is 0 Å². The van der Waals surface area contributed by atoms with E-state index >= 15 is 0 Å². The van der Waals surface area contributed by atoms with Crippen LogP contribution >= 0.6 is 11.6 Å². The first-order chi connectivity index (χ1) is 9.08. The number of nitrogens with zero attached hydrogens (tertiary/aromatic N) is 1. The SMILES string of the molecule is O=S(=O)(NCCCOCC1CC1)c1ccc(Cl)nc1. The summed E-state index contributed by atoms with van der Waals surface area (Å²) >= 11 is 5.61. The summed E-state index contributed by atoms with van der Waals surface area (Å²) in [5, 5.41) is 0.271. The third-order valence-electron chi connectivity index (χ3n) is 2.82. The normalized spacial score (nSPS) is 15.6. The van der Waals surface area contributed by atoms with Crippen LogP contribution in [0.3, 0.4) is 0 Å². The molecule has 0 radical (unpaired) electrons. The van der Waals surface area contributed by atoms with Crippen molar-refractivity contribution in [3.63, 3.8) is 0 Å². The molecule has 1 aromatic heterocycles. The van der Waals surface area contributed by atoms with Gasteiger partial charge in [0.25, 0.3) is 0 Å². The zero-order valence-electron chi connectivity index (χ0n) is 10.5. The van der Waals surface area contributed by atoms with Crippen molar-refractivity contribution in [2.24, 2.45) is 5.92 Å². The van der Waals surface area contributed by atoms with Gasteiger partial charge in [0.05, 0.1) is 0 Å². The molecule has 2 rings (SSSR count). The van der Waals surface area contributed by atoms with Gasteiger partial charge in [0, 0.05) is 26.0 Å². The lowest BCUT2D eigenvalue weighted by Crippen LogP contribution is -2.25. The zero-order chi connectivity index (χ0) is 13.7. The first-order valence-electron chi connectivity index (χ1n) is 6.27. The third-order valence-corrected chi connectivity index (χ3v) is 4.49. The molecule has 1 saturated carbocycles. The lowest BCUT2D eigenvalue weighted by Gasteiger charge is -2.07. The molecule has 106 valence electrons. The summed E-state index contributed by atoms with van der Waals surface area (Å²) in [7, 11) is -3.49. The molecule has 5 nitrogen and oxygen atoms in total. The highest BCUT2D eigenvalue weighted by atomic mass is 35.5. The van der Waals surface area contributed by atoms with Crippen LogP contribution in [-0.4, -0.2) is 33.2 Å². The first-order valence-corrected chi connectivity index (χ1v) is 8.13. The van der Waals surface area contributed by atoms with E-state index in [0.717, 1.165) is 12.5 Å². The predicted molar refractivity (Wildman–Crippen MR) is 72.6 cm³/mol. The van der Waals surface area contributed by atoms with Crippen LogP contribution in [0.5, 0.6) is 0 Å². The molecule has 1 heterocycles. The standard InChI is InChI=1S/C12H17ClN2O3S/c13-12-5-4-11(8-14-12)19(16,17)15-6-1-7-18-9-10-2-3-10/h4-5,8,10,15H,1-3,6-7,9H2. The maximum Gasteiger partial charge on any atom is 0.242 e. The van der Waals surface area contributed by atoms with Gasteiger partial charge in [-0.1, -0.05) is 11.6 Å². The molecule has 0 spiro atoms. The Hall–Kier alpha value is -0.690. The minimum absolute atomic E-state index is 0.121. The maximum absolute atomic E-state index is 11.9. The number of nitrogens with one attached hydrogen (secondary N) is 1. The van der Waals surface area contributed by atoms with E-state index in [-0.39, 0.29) is 10.0 Å². The zero-order valence-corrected chi connectivity index (χ0v) is 12.1. The van der Waals surface area contributed by atoms with Crippen molar-refractivity contribution in [1.29, 1.82) is 0 Å². The lowest BCUT2D eigenvalue weighted by molar-refractivity contribution is 0.123. The molecular weight excluding hydrogens is 288 g/mol. The van der Waals surface area contributed by atoms with E-state index in [9.17, 15) is 8.42 Å². The molecule has 0 saturated heterocycles. The van der Waals surface area contributed by atoms with Crippen LogP contribution in [0.15, 0.2) is 23.2 Å². The Morgan fingerprint density at radius 3 is 2.84 bits per heavy atom. The van der Waals surface area contributed by atoms with Gasteiger partial charge in [-0.2, -0.15) is 0 Å². The average molecular weight is 305 g/mol. The molecule has 1 fully saturated rings. The van der Waals surface area contributed by atoms with Gasteiger partial charge in [-0.3, -0.25) is 0 Å². The van der Waals surface area contributed by atoms with Gasteiger partial charge >= 0.3 is 0 Å². The fraction of sp³-hybridized carbons (Fsp3) is 0.583. The highest BCUT2D eigenvalue weighted by molar-refractivity contribution is 7.89. The van der Waals surface area contributed by atoms with Crippen molar-refractivity contribution >= 4 is 21.6 Å². The quantitative estimate of drug-likeness (QED) is 0.588. The molecule has 0 amide bonds. The average Bonchev–Trinajstić information content (AvgIpc) is 3.18. The van der Waals surface area contributed by atoms with Crippen LogP contribution in [0.2, 0.25) is 5.15 Å². The largest absolute Gasteiger partial charge is 0.381 e. The second-order valence-corrected chi connectivity index (χ2v) is 6.74. The van der Waals surface area contributed by atoms with E-state index in [1.54, 1.807) is 0 Å². The van der Waals surface area contributed by atoms with E-state index in [1.165, 1.54) is 31.2 Å². The summed E-state index contributed by atoms with van der Waals surface area (Å²) in [5.41, 5.74) is 0. The summed E-state index contributed by atoms with van der Waals surface area (Å²) in [6.45, 7) is 1.74. The summed E-state index contributed by atoms with van der Waals surface area (Å²) in [4.78, 5) is 3.87. The number of hydrogen-bond donors (Lipinski definition) is 1. The van der Waals surface area contributed by atoms with Crippen molar-refractivity contribution in [3.8, 4) is 0 Å². The Bertz CT molecular complexity index is 500. The topological polar surface area (TPSA) is 68.3 Å². The second-order valence-electron chi connectivity index (χ2n) is 4.59. The molecule has 1 aliphatic carbocycles. The van der Waals surface area contributed by atoms with Crippen LogP contribution in [0.1, 0.15) is 19.3 Å². The minimum atomic E-state index is -3.49. The molecule has 7 heteroatoms. The number of rotatable bonds is 8. The predicted octanol–water partition coefficient (Wildman–Crippen LogP) is 1.83. The minimum Gasteiger partial charge on any atom is -0.381 e. The molecule has 1 aliphatic rings.